The van der Waals surface area contributed by atoms with Gasteiger partial charge in [0.1, 0.15) is 17.1 Å². The second-order valence-corrected chi connectivity index (χ2v) is 5.48. The van der Waals surface area contributed by atoms with Gasteiger partial charge in [-0.25, -0.2) is 4.68 Å². The predicted molar refractivity (Wildman–Crippen MR) is 84.6 cm³/mol. The molecule has 0 saturated heterocycles. The van der Waals surface area contributed by atoms with E-state index in [2.05, 4.69) is 25.3 Å². The van der Waals surface area contributed by atoms with E-state index >= 15 is 0 Å². The summed E-state index contributed by atoms with van der Waals surface area (Å²) in [5, 5.41) is 10.5. The van der Waals surface area contributed by atoms with Gasteiger partial charge < -0.3 is 10.1 Å². The van der Waals surface area contributed by atoms with E-state index < -0.39 is 18.2 Å². The molecule has 0 fully saturated rings. The summed E-state index contributed by atoms with van der Waals surface area (Å²) >= 11 is 0. The van der Waals surface area contributed by atoms with Crippen LogP contribution in [0.25, 0.3) is 5.69 Å². The maximum Gasteiger partial charge on any atom is 0.573 e. The Morgan fingerprint density at radius 1 is 1.00 bits per heavy atom. The number of nitrogens with one attached hydrogen (secondary N) is 1. The smallest absolute Gasteiger partial charge is 0.406 e. The molecule has 0 radical (unpaired) electrons. The van der Waals surface area contributed by atoms with E-state index in [0.29, 0.717) is 11.4 Å². The van der Waals surface area contributed by atoms with Crippen molar-refractivity contribution >= 4 is 5.69 Å². The maximum absolute atomic E-state index is 12.7. The minimum absolute atomic E-state index is 0.0799. The van der Waals surface area contributed by atoms with Gasteiger partial charge in [-0.3, -0.25) is 4.98 Å². The lowest BCUT2D eigenvalue weighted by Gasteiger charge is -2.09. The molecule has 0 aliphatic rings. The summed E-state index contributed by atoms with van der Waals surface area (Å²) in [6.07, 6.45) is -6.82. The minimum atomic E-state index is -4.79. The van der Waals surface area contributed by atoms with Gasteiger partial charge in [0.25, 0.3) is 0 Å². The van der Waals surface area contributed by atoms with Gasteiger partial charge in [0.15, 0.2) is 0 Å². The molecule has 0 spiro atoms. The molecule has 28 heavy (non-hydrogen) atoms. The molecule has 2 heterocycles. The van der Waals surface area contributed by atoms with Crippen molar-refractivity contribution in [1.29, 1.82) is 0 Å². The number of pyridine rings is 1. The highest BCUT2D eigenvalue weighted by Crippen LogP contribution is 2.29. The molecular formula is C16H11F6N5O. The van der Waals surface area contributed by atoms with Crippen LogP contribution in [0.2, 0.25) is 0 Å². The Morgan fingerprint density at radius 2 is 1.71 bits per heavy atom. The van der Waals surface area contributed by atoms with Crippen molar-refractivity contribution in [2.24, 2.45) is 0 Å². The first-order valence-corrected chi connectivity index (χ1v) is 7.65. The van der Waals surface area contributed by atoms with E-state index in [0.717, 1.165) is 24.4 Å². The van der Waals surface area contributed by atoms with Crippen LogP contribution in [0.15, 0.2) is 48.8 Å². The van der Waals surface area contributed by atoms with Crippen LogP contribution in [0.5, 0.6) is 5.75 Å². The Kier molecular flexibility index (Phi) is 5.12. The van der Waals surface area contributed by atoms with Gasteiger partial charge in [0, 0.05) is 11.9 Å². The first-order chi connectivity index (χ1) is 13.1. The van der Waals surface area contributed by atoms with Crippen molar-refractivity contribution in [3.05, 3.63) is 60.2 Å². The third-order valence-corrected chi connectivity index (χ3v) is 3.40. The van der Waals surface area contributed by atoms with Crippen LogP contribution < -0.4 is 10.1 Å². The molecular weight excluding hydrogens is 392 g/mol. The Balaban J connectivity index is 1.65. The SMILES string of the molecule is FC(F)(F)Oc1ccc(-n2cc(CNc3ccnc(C(F)(F)F)c3)nn2)cc1. The van der Waals surface area contributed by atoms with E-state index in [9.17, 15) is 26.3 Å². The Hall–Kier alpha value is -3.31. The van der Waals surface area contributed by atoms with E-state index in [-0.39, 0.29) is 18.0 Å². The highest BCUT2D eigenvalue weighted by molar-refractivity contribution is 5.44. The highest BCUT2D eigenvalue weighted by atomic mass is 19.4. The summed E-state index contributed by atoms with van der Waals surface area (Å²) in [6, 6.07) is 7.19. The molecule has 0 atom stereocenters. The fourth-order valence-corrected chi connectivity index (χ4v) is 2.19. The van der Waals surface area contributed by atoms with Crippen molar-refractivity contribution in [2.45, 2.75) is 19.1 Å². The van der Waals surface area contributed by atoms with Gasteiger partial charge in [-0.2, -0.15) is 13.2 Å². The highest BCUT2D eigenvalue weighted by Gasteiger charge is 2.32. The standard InChI is InChI=1S/C16H11F6N5O/c17-15(18,19)14-7-10(5-6-23-14)24-8-11-9-27(26-25-11)12-1-3-13(4-2-12)28-16(20,21)22/h1-7,9H,8H2,(H,23,24). The van der Waals surface area contributed by atoms with Crippen molar-refractivity contribution in [2.75, 3.05) is 5.32 Å². The Morgan fingerprint density at radius 3 is 2.36 bits per heavy atom. The molecule has 0 amide bonds. The fourth-order valence-electron chi connectivity index (χ4n) is 2.19. The van der Waals surface area contributed by atoms with Gasteiger partial charge in [-0.15, -0.1) is 18.3 Å². The number of nitrogens with zero attached hydrogens (tertiary/aromatic N) is 4. The number of alkyl halides is 6. The molecule has 12 heteroatoms. The van der Waals surface area contributed by atoms with Crippen LogP contribution in [-0.2, 0) is 12.7 Å². The number of ether oxygens (including phenoxy) is 1. The molecule has 6 nitrogen and oxygen atoms in total. The largest absolute Gasteiger partial charge is 0.573 e. The molecule has 0 aliphatic carbocycles. The summed E-state index contributed by atoms with van der Waals surface area (Å²) in [4.78, 5) is 3.26. The number of rotatable bonds is 5. The number of anilines is 1. The Labute approximate surface area is 153 Å². The molecule has 148 valence electrons. The maximum atomic E-state index is 12.7. The second kappa shape index (κ2) is 7.37. The van der Waals surface area contributed by atoms with Gasteiger partial charge in [-0.1, -0.05) is 5.21 Å². The van der Waals surface area contributed by atoms with E-state index in [1.165, 1.54) is 29.1 Å². The topological polar surface area (TPSA) is 64.9 Å². The number of hydrogen-bond donors (Lipinski definition) is 1. The Bertz CT molecular complexity index is 936. The molecule has 2 aromatic heterocycles. The molecule has 0 bridgehead atoms. The molecule has 0 saturated carbocycles. The summed E-state index contributed by atoms with van der Waals surface area (Å²) in [6.45, 7) is 0.0799. The van der Waals surface area contributed by atoms with E-state index in [1.54, 1.807) is 0 Å². The lowest BCUT2D eigenvalue weighted by atomic mass is 10.3. The van der Waals surface area contributed by atoms with Gasteiger partial charge in [0.05, 0.1) is 18.4 Å². The van der Waals surface area contributed by atoms with Crippen LogP contribution in [0.3, 0.4) is 0 Å². The monoisotopic (exact) mass is 403 g/mol. The number of halogens is 6. The minimum Gasteiger partial charge on any atom is -0.406 e. The summed E-state index contributed by atoms with van der Waals surface area (Å²) in [7, 11) is 0. The van der Waals surface area contributed by atoms with E-state index in [4.69, 9.17) is 0 Å². The average molecular weight is 403 g/mol. The summed E-state index contributed by atoms with van der Waals surface area (Å²) in [5.74, 6) is -0.378. The zero-order chi connectivity index (χ0) is 20.4. The molecule has 0 unspecified atom stereocenters. The zero-order valence-electron chi connectivity index (χ0n) is 13.8. The number of aromatic nitrogens is 4. The van der Waals surface area contributed by atoms with Crippen LogP contribution in [0, 0.1) is 0 Å². The summed E-state index contributed by atoms with van der Waals surface area (Å²) in [5.41, 5.74) is 0.00498. The van der Waals surface area contributed by atoms with Gasteiger partial charge in [0.2, 0.25) is 0 Å². The van der Waals surface area contributed by atoms with Crippen molar-refractivity contribution in [3.8, 4) is 11.4 Å². The first kappa shape index (κ1) is 19.5. The molecule has 3 aromatic rings. The van der Waals surface area contributed by atoms with Crippen LogP contribution >= 0.6 is 0 Å². The zero-order valence-corrected chi connectivity index (χ0v) is 13.8. The normalized spacial score (nSPS) is 12.1. The van der Waals surface area contributed by atoms with Crippen molar-refractivity contribution < 1.29 is 31.1 Å². The fraction of sp³-hybridized carbons (Fsp3) is 0.188. The summed E-state index contributed by atoms with van der Waals surface area (Å²) < 4.78 is 79.5. The lowest BCUT2D eigenvalue weighted by molar-refractivity contribution is -0.274. The van der Waals surface area contributed by atoms with Gasteiger partial charge >= 0.3 is 12.5 Å². The molecule has 0 aliphatic heterocycles. The van der Waals surface area contributed by atoms with Crippen LogP contribution in [0.4, 0.5) is 32.0 Å². The molecule has 1 aromatic carbocycles. The number of benzene rings is 1. The predicted octanol–water partition coefficient (Wildman–Crippen LogP) is 4.19. The lowest BCUT2D eigenvalue weighted by Crippen LogP contribution is -2.17. The van der Waals surface area contributed by atoms with Crippen molar-refractivity contribution in [1.82, 2.24) is 20.0 Å². The quantitative estimate of drug-likeness (QED) is 0.648. The molecule has 3 rings (SSSR count). The third kappa shape index (κ3) is 5.11. The van der Waals surface area contributed by atoms with Gasteiger partial charge in [-0.05, 0) is 36.4 Å². The molecule has 1 N–H and O–H groups in total. The van der Waals surface area contributed by atoms with E-state index in [1.807, 2.05) is 0 Å². The van der Waals surface area contributed by atoms with Crippen LogP contribution in [0.1, 0.15) is 11.4 Å². The second-order valence-electron chi connectivity index (χ2n) is 5.48. The average Bonchev–Trinajstić information content (AvgIpc) is 3.08. The third-order valence-electron chi connectivity index (χ3n) is 3.40. The number of hydrogen-bond acceptors (Lipinski definition) is 5. The van der Waals surface area contributed by atoms with Crippen molar-refractivity contribution in [3.63, 3.8) is 0 Å². The first-order valence-electron chi connectivity index (χ1n) is 7.65. The van der Waals surface area contributed by atoms with Crippen LogP contribution in [-0.4, -0.2) is 26.3 Å².